The van der Waals surface area contributed by atoms with Crippen molar-refractivity contribution >= 4 is 39.8 Å². The summed E-state index contributed by atoms with van der Waals surface area (Å²) in [6, 6.07) is 18.3. The van der Waals surface area contributed by atoms with E-state index in [1.54, 1.807) is 6.92 Å². The van der Waals surface area contributed by atoms with Gasteiger partial charge in [0.1, 0.15) is 36.1 Å². The second-order valence-electron chi connectivity index (χ2n) is 9.07. The summed E-state index contributed by atoms with van der Waals surface area (Å²) in [4.78, 5) is 16.4. The summed E-state index contributed by atoms with van der Waals surface area (Å²) in [6.45, 7) is 1.45. The first-order valence-electron chi connectivity index (χ1n) is 11.6. The molecule has 8 nitrogen and oxygen atoms in total. The first-order chi connectivity index (χ1) is 17.2. The van der Waals surface area contributed by atoms with Gasteiger partial charge in [-0.25, -0.2) is 0 Å². The number of fused-ring (bicyclic) bond motifs is 1. The van der Waals surface area contributed by atoms with Crippen LogP contribution < -0.4 is 10.2 Å². The summed E-state index contributed by atoms with van der Waals surface area (Å²) in [5.41, 5.74) is 2.09. The van der Waals surface area contributed by atoms with Gasteiger partial charge < -0.3 is 30.3 Å². The topological polar surface area (TPSA) is 126 Å². The number of ether oxygens (including phenoxy) is 1. The van der Waals surface area contributed by atoms with Crippen molar-refractivity contribution in [2.24, 2.45) is 0 Å². The van der Waals surface area contributed by atoms with Crippen LogP contribution in [-0.4, -0.2) is 72.4 Å². The standard InChI is InChI=1S/C27H29N3O5S/c1-15-24(31)26(33)25(32)22(35-15)14-29-27(34)19(13-28)12-21-8-9-23(36-21)18-5-4-17-11-20(30(2)3)7-6-16(17)10-18/h4-12,15,22,24-26,31-33H,14H2,1-3H3,(H,29,34)/b19-12+/t15?,22-,24+,25-,26-/m1/s1. The molecule has 1 unspecified atom stereocenters. The number of hydrogen-bond acceptors (Lipinski definition) is 8. The molecule has 2 heterocycles. The lowest BCUT2D eigenvalue weighted by Gasteiger charge is -2.39. The van der Waals surface area contributed by atoms with Crippen molar-refractivity contribution in [3.63, 3.8) is 0 Å². The van der Waals surface area contributed by atoms with Crippen LogP contribution in [0.1, 0.15) is 11.8 Å². The maximum Gasteiger partial charge on any atom is 0.262 e. The molecule has 0 spiro atoms. The Kier molecular flexibility index (Phi) is 7.73. The minimum absolute atomic E-state index is 0.0861. The van der Waals surface area contributed by atoms with Crippen LogP contribution in [0.4, 0.5) is 5.69 Å². The van der Waals surface area contributed by atoms with E-state index in [9.17, 15) is 25.4 Å². The van der Waals surface area contributed by atoms with E-state index in [-0.39, 0.29) is 12.1 Å². The van der Waals surface area contributed by atoms with E-state index in [0.717, 1.165) is 31.8 Å². The number of aliphatic hydroxyl groups is 3. The highest BCUT2D eigenvalue weighted by atomic mass is 32.1. The van der Waals surface area contributed by atoms with Crippen molar-refractivity contribution in [1.82, 2.24) is 5.32 Å². The zero-order chi connectivity index (χ0) is 26.0. The Morgan fingerprint density at radius 3 is 2.53 bits per heavy atom. The van der Waals surface area contributed by atoms with E-state index in [2.05, 4.69) is 46.6 Å². The third-order valence-electron chi connectivity index (χ3n) is 6.32. The Labute approximate surface area is 213 Å². The van der Waals surface area contributed by atoms with E-state index in [1.807, 2.05) is 32.3 Å². The molecule has 2 aromatic carbocycles. The van der Waals surface area contributed by atoms with Crippen molar-refractivity contribution in [2.75, 3.05) is 25.5 Å². The SMILES string of the molecule is CC1O[C@H](CNC(=O)/C(C#N)=C/c2ccc(-c3ccc4cc(N(C)C)ccc4c3)s2)[C@@H](O)[C@H](O)[C@H]1O. The number of benzene rings is 2. The summed E-state index contributed by atoms with van der Waals surface area (Å²) < 4.78 is 5.49. The van der Waals surface area contributed by atoms with Gasteiger partial charge in [-0.3, -0.25) is 4.79 Å². The molecule has 1 amide bonds. The number of nitrogens with one attached hydrogen (secondary N) is 1. The first kappa shape index (κ1) is 25.8. The number of carbonyl (C=O) groups excluding carboxylic acids is 1. The molecule has 188 valence electrons. The maximum atomic E-state index is 12.6. The molecule has 4 rings (SSSR count). The maximum absolute atomic E-state index is 12.6. The number of thiophene rings is 1. The van der Waals surface area contributed by atoms with E-state index in [0.29, 0.717) is 0 Å². The number of anilines is 1. The van der Waals surface area contributed by atoms with Gasteiger partial charge in [0.25, 0.3) is 5.91 Å². The normalized spacial score (nSPS) is 24.4. The third kappa shape index (κ3) is 5.43. The zero-order valence-corrected chi connectivity index (χ0v) is 21.1. The Morgan fingerprint density at radius 2 is 1.81 bits per heavy atom. The van der Waals surface area contributed by atoms with Crippen molar-refractivity contribution in [3.8, 4) is 16.5 Å². The largest absolute Gasteiger partial charge is 0.388 e. The number of carbonyl (C=O) groups is 1. The fourth-order valence-electron chi connectivity index (χ4n) is 4.13. The number of nitrogens with zero attached hydrogens (tertiary/aromatic N) is 2. The third-order valence-corrected chi connectivity index (χ3v) is 7.40. The summed E-state index contributed by atoms with van der Waals surface area (Å²) >= 11 is 1.47. The van der Waals surface area contributed by atoms with Crippen molar-refractivity contribution in [3.05, 3.63) is 59.0 Å². The van der Waals surface area contributed by atoms with Crippen LogP contribution in [0.3, 0.4) is 0 Å². The predicted octanol–water partition coefficient (Wildman–Crippen LogP) is 2.53. The second-order valence-corrected chi connectivity index (χ2v) is 10.2. The fraction of sp³-hybridized carbons (Fsp3) is 0.333. The molecule has 4 N–H and O–H groups in total. The van der Waals surface area contributed by atoms with Crippen LogP contribution >= 0.6 is 11.3 Å². The number of hydrogen-bond donors (Lipinski definition) is 4. The number of nitriles is 1. The minimum atomic E-state index is -1.38. The van der Waals surface area contributed by atoms with Crippen LogP contribution in [0.25, 0.3) is 27.3 Å². The van der Waals surface area contributed by atoms with Gasteiger partial charge in [-0.05, 0) is 59.7 Å². The van der Waals surface area contributed by atoms with E-state index in [4.69, 9.17) is 4.74 Å². The van der Waals surface area contributed by atoms with Crippen LogP contribution in [-0.2, 0) is 9.53 Å². The van der Waals surface area contributed by atoms with Crippen LogP contribution in [0, 0.1) is 11.3 Å². The molecule has 0 radical (unpaired) electrons. The predicted molar refractivity (Wildman–Crippen MR) is 141 cm³/mol. The average molecular weight is 508 g/mol. The van der Waals surface area contributed by atoms with Gasteiger partial charge in [0.05, 0.1) is 6.10 Å². The van der Waals surface area contributed by atoms with Crippen molar-refractivity contribution < 1.29 is 24.9 Å². The highest BCUT2D eigenvalue weighted by Crippen LogP contribution is 2.32. The summed E-state index contributed by atoms with van der Waals surface area (Å²) in [5.74, 6) is -0.612. The van der Waals surface area contributed by atoms with Crippen LogP contribution in [0.5, 0.6) is 0 Å². The zero-order valence-electron chi connectivity index (χ0n) is 20.3. The molecule has 0 aliphatic carbocycles. The molecule has 5 atom stereocenters. The molecular formula is C27H29N3O5S. The van der Waals surface area contributed by atoms with Gasteiger partial charge in [-0.1, -0.05) is 18.2 Å². The molecule has 3 aromatic rings. The quantitative estimate of drug-likeness (QED) is 0.298. The molecular weight excluding hydrogens is 478 g/mol. The molecule has 1 aliphatic rings. The van der Waals surface area contributed by atoms with Gasteiger partial charge in [-0.15, -0.1) is 11.3 Å². The summed E-state index contributed by atoms with van der Waals surface area (Å²) in [7, 11) is 4.02. The Hall–Kier alpha value is -3.26. The van der Waals surface area contributed by atoms with Crippen LogP contribution in [0.2, 0.25) is 0 Å². The molecule has 9 heteroatoms. The Bertz CT molecular complexity index is 1330. The molecule has 1 saturated heterocycles. The van der Waals surface area contributed by atoms with Gasteiger partial charge in [-0.2, -0.15) is 5.26 Å². The van der Waals surface area contributed by atoms with Crippen LogP contribution in [0.15, 0.2) is 54.1 Å². The lowest BCUT2D eigenvalue weighted by Crippen LogP contribution is -2.59. The van der Waals surface area contributed by atoms with Crippen molar-refractivity contribution in [2.45, 2.75) is 37.4 Å². The van der Waals surface area contributed by atoms with E-state index in [1.165, 1.54) is 17.4 Å². The Balaban J connectivity index is 1.46. The summed E-state index contributed by atoms with van der Waals surface area (Å²) in [6.07, 6.45) is -4.04. The van der Waals surface area contributed by atoms with Gasteiger partial charge >= 0.3 is 0 Å². The molecule has 1 aliphatic heterocycles. The van der Waals surface area contributed by atoms with Gasteiger partial charge in [0, 0.05) is 36.1 Å². The highest BCUT2D eigenvalue weighted by molar-refractivity contribution is 7.16. The van der Waals surface area contributed by atoms with E-state index >= 15 is 0 Å². The smallest absolute Gasteiger partial charge is 0.262 e. The molecule has 0 saturated carbocycles. The lowest BCUT2D eigenvalue weighted by molar-refractivity contribution is -0.215. The highest BCUT2D eigenvalue weighted by Gasteiger charge is 2.41. The summed E-state index contributed by atoms with van der Waals surface area (Å²) in [5, 5.41) is 44.2. The van der Waals surface area contributed by atoms with Crippen molar-refractivity contribution in [1.29, 1.82) is 5.26 Å². The fourth-order valence-corrected chi connectivity index (χ4v) is 5.08. The van der Waals surface area contributed by atoms with Gasteiger partial charge in [0.2, 0.25) is 0 Å². The average Bonchev–Trinajstić information content (AvgIpc) is 3.35. The second kappa shape index (κ2) is 10.8. The van der Waals surface area contributed by atoms with E-state index < -0.39 is 36.4 Å². The molecule has 0 bridgehead atoms. The molecule has 1 aromatic heterocycles. The van der Waals surface area contributed by atoms with Gasteiger partial charge in [0.15, 0.2) is 0 Å². The Morgan fingerprint density at radius 1 is 1.08 bits per heavy atom. The minimum Gasteiger partial charge on any atom is -0.388 e. The molecule has 1 fully saturated rings. The first-order valence-corrected chi connectivity index (χ1v) is 12.4. The lowest BCUT2D eigenvalue weighted by atomic mass is 9.95. The molecule has 36 heavy (non-hydrogen) atoms. The number of amides is 1. The number of rotatable bonds is 6. The number of aliphatic hydroxyl groups excluding tert-OH is 3. The monoisotopic (exact) mass is 507 g/mol.